The molecule has 0 saturated carbocycles. The van der Waals surface area contributed by atoms with Crippen molar-refractivity contribution in [2.75, 3.05) is 6.54 Å². The fraction of sp³-hybridized carbons (Fsp3) is 0.214. The maximum atomic E-state index is 4.49. The Morgan fingerprint density at radius 2 is 2.21 bits per heavy atom. The molecule has 5 heteroatoms. The van der Waals surface area contributed by atoms with Gasteiger partial charge in [0.25, 0.3) is 0 Å². The van der Waals surface area contributed by atoms with Gasteiger partial charge in [-0.05, 0) is 29.6 Å². The molecular weight excluding hydrogens is 256 g/mol. The summed E-state index contributed by atoms with van der Waals surface area (Å²) in [5.41, 5.74) is 3.09. The Labute approximate surface area is 115 Å². The molecule has 0 radical (unpaired) electrons. The van der Waals surface area contributed by atoms with E-state index in [9.17, 15) is 0 Å². The minimum absolute atomic E-state index is 0.0395. The van der Waals surface area contributed by atoms with Gasteiger partial charge in [-0.3, -0.25) is 15.0 Å². The predicted octanol–water partition coefficient (Wildman–Crippen LogP) is 2.79. The van der Waals surface area contributed by atoms with Gasteiger partial charge in [-0.2, -0.15) is 0 Å². The summed E-state index contributed by atoms with van der Waals surface area (Å²) < 4.78 is 1.20. The summed E-state index contributed by atoms with van der Waals surface area (Å²) >= 11 is 1.71. The maximum absolute atomic E-state index is 4.49. The number of fused-ring (bicyclic) bond motifs is 1. The van der Waals surface area contributed by atoms with Crippen LogP contribution in [-0.2, 0) is 0 Å². The molecule has 3 heterocycles. The summed E-state index contributed by atoms with van der Waals surface area (Å²) in [5, 5.41) is 5.50. The van der Waals surface area contributed by atoms with Gasteiger partial charge < -0.3 is 5.32 Å². The lowest BCUT2D eigenvalue weighted by Crippen LogP contribution is -2.23. The summed E-state index contributed by atoms with van der Waals surface area (Å²) in [6, 6.07) is 4.25. The average Bonchev–Trinajstić information content (AvgIpc) is 2.93. The largest absolute Gasteiger partial charge is 0.305 e. The lowest BCUT2D eigenvalue weighted by atomic mass is 10.1. The normalized spacial score (nSPS) is 12.7. The van der Waals surface area contributed by atoms with E-state index in [1.54, 1.807) is 29.9 Å². The van der Waals surface area contributed by atoms with E-state index < -0.39 is 0 Å². The second-order valence-corrected chi connectivity index (χ2v) is 5.14. The molecule has 1 N–H and O–H groups in total. The predicted molar refractivity (Wildman–Crippen MR) is 77.2 cm³/mol. The molecule has 3 rings (SSSR count). The topological polar surface area (TPSA) is 50.7 Å². The third kappa shape index (κ3) is 2.47. The Balaban J connectivity index is 2.03. The number of nitrogens with zero attached hydrogens (tertiary/aromatic N) is 3. The molecule has 0 spiro atoms. The van der Waals surface area contributed by atoms with Crippen LogP contribution in [0.2, 0.25) is 0 Å². The molecule has 0 amide bonds. The highest BCUT2D eigenvalue weighted by Gasteiger charge is 2.15. The van der Waals surface area contributed by atoms with E-state index in [1.807, 2.05) is 12.3 Å². The van der Waals surface area contributed by atoms with Crippen LogP contribution < -0.4 is 5.32 Å². The fourth-order valence-corrected chi connectivity index (χ4v) is 2.87. The summed E-state index contributed by atoms with van der Waals surface area (Å²) in [6.07, 6.45) is 7.12. The SMILES string of the molecule is CCNC(c1cnc2ccsc2c1)c1cnccn1. The number of rotatable bonds is 4. The Bertz CT molecular complexity index is 665. The number of thiophene rings is 1. The third-order valence-corrected chi connectivity index (χ3v) is 3.80. The zero-order chi connectivity index (χ0) is 13.1. The molecule has 0 aromatic carbocycles. The number of nitrogens with one attached hydrogen (secondary N) is 1. The quantitative estimate of drug-likeness (QED) is 0.792. The van der Waals surface area contributed by atoms with E-state index in [4.69, 9.17) is 0 Å². The lowest BCUT2D eigenvalue weighted by molar-refractivity contribution is 0.612. The molecule has 0 aliphatic carbocycles. The molecule has 3 aromatic heterocycles. The van der Waals surface area contributed by atoms with Crippen LogP contribution in [0.25, 0.3) is 10.2 Å². The molecule has 1 atom stereocenters. The van der Waals surface area contributed by atoms with E-state index in [2.05, 4.69) is 38.6 Å². The highest BCUT2D eigenvalue weighted by Crippen LogP contribution is 2.25. The molecule has 0 saturated heterocycles. The minimum atomic E-state index is 0.0395. The van der Waals surface area contributed by atoms with Crippen LogP contribution >= 0.6 is 11.3 Å². The number of pyridine rings is 1. The summed E-state index contributed by atoms with van der Waals surface area (Å²) in [6.45, 7) is 2.95. The molecule has 1 unspecified atom stereocenters. The smallest absolute Gasteiger partial charge is 0.0809 e. The first-order chi connectivity index (χ1) is 9.38. The van der Waals surface area contributed by atoms with Gasteiger partial charge in [-0.15, -0.1) is 11.3 Å². The van der Waals surface area contributed by atoms with Gasteiger partial charge in [0.05, 0.1) is 28.1 Å². The first-order valence-electron chi connectivity index (χ1n) is 6.21. The van der Waals surface area contributed by atoms with Crippen LogP contribution in [0.15, 0.2) is 42.3 Å². The molecule has 0 fully saturated rings. The van der Waals surface area contributed by atoms with Crippen LogP contribution in [0.4, 0.5) is 0 Å². The summed E-state index contributed by atoms with van der Waals surface area (Å²) in [5.74, 6) is 0. The number of hydrogen-bond acceptors (Lipinski definition) is 5. The second kappa shape index (κ2) is 5.42. The molecule has 0 aliphatic heterocycles. The maximum Gasteiger partial charge on any atom is 0.0809 e. The Morgan fingerprint density at radius 3 is 3.00 bits per heavy atom. The van der Waals surface area contributed by atoms with Crippen molar-refractivity contribution in [2.24, 2.45) is 0 Å². The first kappa shape index (κ1) is 12.2. The van der Waals surface area contributed by atoms with Crippen molar-refractivity contribution in [1.82, 2.24) is 20.3 Å². The van der Waals surface area contributed by atoms with Gasteiger partial charge in [-0.25, -0.2) is 0 Å². The monoisotopic (exact) mass is 270 g/mol. The van der Waals surface area contributed by atoms with Crippen LogP contribution in [0.5, 0.6) is 0 Å². The van der Waals surface area contributed by atoms with Crippen LogP contribution in [0.3, 0.4) is 0 Å². The van der Waals surface area contributed by atoms with Crippen molar-refractivity contribution in [3.8, 4) is 0 Å². The lowest BCUT2D eigenvalue weighted by Gasteiger charge is -2.17. The zero-order valence-electron chi connectivity index (χ0n) is 10.6. The minimum Gasteiger partial charge on any atom is -0.305 e. The molecule has 0 bridgehead atoms. The van der Waals surface area contributed by atoms with Crippen molar-refractivity contribution in [3.63, 3.8) is 0 Å². The van der Waals surface area contributed by atoms with E-state index in [1.165, 1.54) is 4.70 Å². The van der Waals surface area contributed by atoms with Crippen molar-refractivity contribution >= 4 is 21.6 Å². The first-order valence-corrected chi connectivity index (χ1v) is 7.09. The zero-order valence-corrected chi connectivity index (χ0v) is 11.4. The van der Waals surface area contributed by atoms with E-state index >= 15 is 0 Å². The average molecular weight is 270 g/mol. The van der Waals surface area contributed by atoms with Gasteiger partial charge in [0.1, 0.15) is 0 Å². The van der Waals surface area contributed by atoms with E-state index in [0.717, 1.165) is 23.3 Å². The molecule has 19 heavy (non-hydrogen) atoms. The Kier molecular flexibility index (Phi) is 3.48. The van der Waals surface area contributed by atoms with Crippen molar-refractivity contribution in [3.05, 3.63) is 53.6 Å². The molecule has 4 nitrogen and oxygen atoms in total. The number of aromatic nitrogens is 3. The molecule has 96 valence electrons. The molecule has 3 aromatic rings. The molecular formula is C14H14N4S. The van der Waals surface area contributed by atoms with Crippen molar-refractivity contribution in [1.29, 1.82) is 0 Å². The van der Waals surface area contributed by atoms with Gasteiger partial charge in [0.15, 0.2) is 0 Å². The van der Waals surface area contributed by atoms with Gasteiger partial charge in [0, 0.05) is 18.6 Å². The highest BCUT2D eigenvalue weighted by atomic mass is 32.1. The van der Waals surface area contributed by atoms with Gasteiger partial charge >= 0.3 is 0 Å². The summed E-state index contributed by atoms with van der Waals surface area (Å²) in [4.78, 5) is 13.0. The van der Waals surface area contributed by atoms with Crippen molar-refractivity contribution < 1.29 is 0 Å². The van der Waals surface area contributed by atoms with Gasteiger partial charge in [-0.1, -0.05) is 6.92 Å². The van der Waals surface area contributed by atoms with Gasteiger partial charge in [0.2, 0.25) is 0 Å². The summed E-state index contributed by atoms with van der Waals surface area (Å²) in [7, 11) is 0. The van der Waals surface area contributed by atoms with Crippen LogP contribution in [-0.4, -0.2) is 21.5 Å². The van der Waals surface area contributed by atoms with Crippen LogP contribution in [0.1, 0.15) is 24.2 Å². The molecule has 0 aliphatic rings. The van der Waals surface area contributed by atoms with Crippen molar-refractivity contribution in [2.45, 2.75) is 13.0 Å². The second-order valence-electron chi connectivity index (χ2n) is 4.19. The highest BCUT2D eigenvalue weighted by molar-refractivity contribution is 7.17. The fourth-order valence-electron chi connectivity index (χ4n) is 2.08. The Morgan fingerprint density at radius 1 is 1.26 bits per heavy atom. The Hall–Kier alpha value is -1.85. The van der Waals surface area contributed by atoms with E-state index in [-0.39, 0.29) is 6.04 Å². The third-order valence-electron chi connectivity index (χ3n) is 2.94. The van der Waals surface area contributed by atoms with Crippen LogP contribution in [0, 0.1) is 0 Å². The number of hydrogen-bond donors (Lipinski definition) is 1. The standard InChI is InChI=1S/C14H14N4S/c1-2-16-14(12-9-15-4-5-17-12)10-7-13-11(18-8-10)3-6-19-13/h3-9,14,16H,2H2,1H3. The van der Waals surface area contributed by atoms with E-state index in [0.29, 0.717) is 0 Å².